The Morgan fingerprint density at radius 2 is 2.00 bits per heavy atom. The summed E-state index contributed by atoms with van der Waals surface area (Å²) >= 11 is 0. The van der Waals surface area contributed by atoms with E-state index in [0.29, 0.717) is 19.3 Å². The molecule has 0 aromatic heterocycles. The molecule has 0 amide bonds. The summed E-state index contributed by atoms with van der Waals surface area (Å²) in [6.07, 6.45) is 3.04. The van der Waals surface area contributed by atoms with Gasteiger partial charge in [-0.2, -0.15) is 0 Å². The van der Waals surface area contributed by atoms with Gasteiger partial charge in [0, 0.05) is 30.1 Å². The molecule has 4 heteroatoms. The Hall–Kier alpha value is -1.71. The van der Waals surface area contributed by atoms with Gasteiger partial charge in [0.2, 0.25) is 6.04 Å². The van der Waals surface area contributed by atoms with Crippen LogP contribution in [0.5, 0.6) is 0 Å². The number of hydrogen-bond acceptors (Lipinski definition) is 3. The molecule has 2 rings (SSSR count). The molecular weight excluding hydrogens is 230 g/mol. The summed E-state index contributed by atoms with van der Waals surface area (Å²) in [7, 11) is 0. The molecule has 1 aromatic rings. The molecule has 18 heavy (non-hydrogen) atoms. The summed E-state index contributed by atoms with van der Waals surface area (Å²) < 4.78 is 0. The summed E-state index contributed by atoms with van der Waals surface area (Å²) in [5, 5.41) is 10.8. The van der Waals surface area contributed by atoms with Crippen molar-refractivity contribution in [3.05, 3.63) is 46.0 Å². The predicted octanol–water partition coefficient (Wildman–Crippen LogP) is 2.63. The van der Waals surface area contributed by atoms with Crippen LogP contribution in [0.3, 0.4) is 0 Å². The molecule has 0 bridgehead atoms. The van der Waals surface area contributed by atoms with Crippen LogP contribution < -0.4 is 0 Å². The van der Waals surface area contributed by atoms with Gasteiger partial charge in [0.1, 0.15) is 5.78 Å². The highest BCUT2D eigenvalue weighted by atomic mass is 16.6. The number of hydrogen-bond donors (Lipinski definition) is 0. The average Bonchev–Trinajstić information content (AvgIpc) is 2.78. The smallest absolute Gasteiger partial charge is 0.216 e. The first kappa shape index (κ1) is 12.7. The number of benzene rings is 1. The van der Waals surface area contributed by atoms with Crippen molar-refractivity contribution < 1.29 is 9.72 Å². The van der Waals surface area contributed by atoms with Gasteiger partial charge >= 0.3 is 0 Å². The molecule has 1 aliphatic rings. The highest BCUT2D eigenvalue weighted by Gasteiger charge is 2.37. The predicted molar refractivity (Wildman–Crippen MR) is 67.9 cm³/mol. The van der Waals surface area contributed by atoms with Crippen LogP contribution >= 0.6 is 0 Å². The normalized spacial score (nSPS) is 22.9. The van der Waals surface area contributed by atoms with Crippen molar-refractivity contribution in [1.82, 2.24) is 0 Å². The number of carbonyl (C=O) groups is 1. The lowest BCUT2D eigenvalue weighted by atomic mass is 9.94. The molecule has 0 aliphatic heterocycles. The van der Waals surface area contributed by atoms with E-state index in [1.807, 2.05) is 30.3 Å². The lowest BCUT2D eigenvalue weighted by Crippen LogP contribution is -2.26. The van der Waals surface area contributed by atoms with Crippen LogP contribution in [-0.2, 0) is 11.2 Å². The summed E-state index contributed by atoms with van der Waals surface area (Å²) in [4.78, 5) is 22.5. The summed E-state index contributed by atoms with van der Waals surface area (Å²) in [6.45, 7) is 0. The van der Waals surface area contributed by atoms with Crippen LogP contribution in [0.4, 0.5) is 0 Å². The van der Waals surface area contributed by atoms with Crippen molar-refractivity contribution >= 4 is 5.78 Å². The van der Waals surface area contributed by atoms with Crippen molar-refractivity contribution in [2.24, 2.45) is 5.92 Å². The molecule has 2 atom stereocenters. The molecule has 96 valence electrons. The van der Waals surface area contributed by atoms with Crippen molar-refractivity contribution in [1.29, 1.82) is 0 Å². The highest BCUT2D eigenvalue weighted by Crippen LogP contribution is 2.30. The molecule has 0 unspecified atom stereocenters. The first-order valence-electron chi connectivity index (χ1n) is 6.36. The third-order valence-electron chi connectivity index (χ3n) is 3.62. The standard InChI is InChI=1S/C14H17NO3/c16-13(9-11-5-2-1-3-6-11)10-12-7-4-8-14(12)15(17)18/h1-3,5-6,12,14H,4,7-10H2/t12-,14-/m0/s1. The SMILES string of the molecule is O=C(Cc1ccccc1)C[C@@H]1CCC[C@@H]1[N+](=O)[O-]. The van der Waals surface area contributed by atoms with E-state index in [4.69, 9.17) is 0 Å². The Balaban J connectivity index is 1.90. The van der Waals surface area contributed by atoms with Gasteiger partial charge in [-0.1, -0.05) is 30.3 Å². The average molecular weight is 247 g/mol. The maximum absolute atomic E-state index is 11.9. The fourth-order valence-corrected chi connectivity index (χ4v) is 2.72. The fraction of sp³-hybridized carbons (Fsp3) is 0.500. The second kappa shape index (κ2) is 5.76. The maximum Gasteiger partial charge on any atom is 0.216 e. The lowest BCUT2D eigenvalue weighted by Gasteiger charge is -2.11. The molecule has 0 saturated heterocycles. The Labute approximate surface area is 106 Å². The van der Waals surface area contributed by atoms with Crippen molar-refractivity contribution in [3.8, 4) is 0 Å². The van der Waals surface area contributed by atoms with Gasteiger partial charge in [0.25, 0.3) is 0 Å². The Morgan fingerprint density at radius 3 is 2.67 bits per heavy atom. The quantitative estimate of drug-likeness (QED) is 0.593. The van der Waals surface area contributed by atoms with Gasteiger partial charge < -0.3 is 0 Å². The van der Waals surface area contributed by atoms with E-state index in [-0.39, 0.29) is 16.6 Å². The zero-order valence-corrected chi connectivity index (χ0v) is 10.2. The zero-order chi connectivity index (χ0) is 13.0. The van der Waals surface area contributed by atoms with Crippen molar-refractivity contribution in [2.45, 2.75) is 38.1 Å². The second-order valence-corrected chi connectivity index (χ2v) is 4.95. The van der Waals surface area contributed by atoms with E-state index < -0.39 is 6.04 Å². The van der Waals surface area contributed by atoms with Crippen molar-refractivity contribution in [3.63, 3.8) is 0 Å². The first-order valence-corrected chi connectivity index (χ1v) is 6.36. The van der Waals surface area contributed by atoms with E-state index in [1.54, 1.807) is 0 Å². The van der Waals surface area contributed by atoms with Crippen molar-refractivity contribution in [2.75, 3.05) is 0 Å². The highest BCUT2D eigenvalue weighted by molar-refractivity contribution is 5.81. The van der Waals surface area contributed by atoms with Crippen LogP contribution in [0.25, 0.3) is 0 Å². The lowest BCUT2D eigenvalue weighted by molar-refractivity contribution is -0.528. The van der Waals surface area contributed by atoms with Crippen LogP contribution in [0, 0.1) is 16.0 Å². The molecule has 0 radical (unpaired) electrons. The maximum atomic E-state index is 11.9. The van der Waals surface area contributed by atoms with Crippen LogP contribution in [0.2, 0.25) is 0 Å². The number of carbonyl (C=O) groups excluding carboxylic acids is 1. The third kappa shape index (κ3) is 3.15. The minimum atomic E-state index is -0.510. The topological polar surface area (TPSA) is 60.2 Å². The van der Waals surface area contributed by atoms with E-state index in [9.17, 15) is 14.9 Å². The molecular formula is C14H17NO3. The van der Waals surface area contributed by atoms with Crippen LogP contribution in [0.1, 0.15) is 31.2 Å². The monoisotopic (exact) mass is 247 g/mol. The molecule has 4 nitrogen and oxygen atoms in total. The number of Topliss-reactive ketones (excluding diaryl/α,β-unsaturated/α-hetero) is 1. The fourth-order valence-electron chi connectivity index (χ4n) is 2.72. The number of rotatable bonds is 5. The third-order valence-corrected chi connectivity index (χ3v) is 3.62. The van der Waals surface area contributed by atoms with Gasteiger partial charge in [-0.3, -0.25) is 14.9 Å². The molecule has 1 aliphatic carbocycles. The first-order chi connectivity index (χ1) is 8.66. The number of nitro groups is 1. The van der Waals surface area contributed by atoms with Gasteiger partial charge in [0.05, 0.1) is 0 Å². The number of ketones is 1. The molecule has 0 heterocycles. The summed E-state index contributed by atoms with van der Waals surface area (Å²) in [6, 6.07) is 9.03. The Bertz CT molecular complexity index is 430. The molecule has 0 spiro atoms. The molecule has 0 N–H and O–H groups in total. The van der Waals surface area contributed by atoms with Crippen LogP contribution in [-0.4, -0.2) is 16.7 Å². The molecule has 1 aromatic carbocycles. The van der Waals surface area contributed by atoms with E-state index in [2.05, 4.69) is 0 Å². The van der Waals surface area contributed by atoms with Gasteiger partial charge in [-0.25, -0.2) is 0 Å². The van der Waals surface area contributed by atoms with E-state index in [0.717, 1.165) is 18.4 Å². The van der Waals surface area contributed by atoms with E-state index in [1.165, 1.54) is 0 Å². The minimum absolute atomic E-state index is 0.0591. The minimum Gasteiger partial charge on any atom is -0.299 e. The summed E-state index contributed by atoms with van der Waals surface area (Å²) in [5.74, 6) is 0.0520. The zero-order valence-electron chi connectivity index (χ0n) is 10.2. The summed E-state index contributed by atoms with van der Waals surface area (Å²) in [5.41, 5.74) is 0.984. The van der Waals surface area contributed by atoms with E-state index >= 15 is 0 Å². The molecule has 1 fully saturated rings. The number of nitrogens with zero attached hydrogens (tertiary/aromatic N) is 1. The van der Waals surface area contributed by atoms with Crippen LogP contribution in [0.15, 0.2) is 30.3 Å². The molecule has 1 saturated carbocycles. The Kier molecular flexibility index (Phi) is 4.07. The van der Waals surface area contributed by atoms with Gasteiger partial charge in [-0.05, 0) is 18.4 Å². The second-order valence-electron chi connectivity index (χ2n) is 4.95. The Morgan fingerprint density at radius 1 is 1.28 bits per heavy atom. The largest absolute Gasteiger partial charge is 0.299 e. The van der Waals surface area contributed by atoms with Gasteiger partial charge in [-0.15, -0.1) is 0 Å². The van der Waals surface area contributed by atoms with Gasteiger partial charge in [0.15, 0.2) is 0 Å².